The third-order valence-electron chi connectivity index (χ3n) is 4.42. The van der Waals surface area contributed by atoms with Crippen LogP contribution in [0.2, 0.25) is 0 Å². The van der Waals surface area contributed by atoms with Crippen LogP contribution in [-0.4, -0.2) is 42.0 Å². The lowest BCUT2D eigenvalue weighted by Crippen LogP contribution is -2.41. The number of carbonyl (C=O) groups is 3. The van der Waals surface area contributed by atoms with Crippen molar-refractivity contribution in [3.05, 3.63) is 47.0 Å². The lowest BCUT2D eigenvalue weighted by Gasteiger charge is -2.23. The van der Waals surface area contributed by atoms with Gasteiger partial charge >= 0.3 is 11.9 Å². The van der Waals surface area contributed by atoms with E-state index in [4.69, 9.17) is 4.74 Å². The molecule has 6 heteroatoms. The molecular weight excluding hydrogens is 298 g/mol. The minimum atomic E-state index is -1.35. The molecule has 1 spiro atoms. The summed E-state index contributed by atoms with van der Waals surface area (Å²) in [6.07, 6.45) is 0.344. The number of hydrogen-bond acceptors (Lipinski definition) is 5. The Bertz CT molecular complexity index is 709. The van der Waals surface area contributed by atoms with E-state index in [2.05, 4.69) is 4.74 Å². The summed E-state index contributed by atoms with van der Waals surface area (Å²) in [6.45, 7) is 2.49. The Kier molecular flexibility index (Phi) is 3.67. The normalized spacial score (nSPS) is 23.7. The minimum Gasteiger partial charge on any atom is -0.465 e. The van der Waals surface area contributed by atoms with Gasteiger partial charge in [-0.25, -0.2) is 9.59 Å². The second-order valence-corrected chi connectivity index (χ2v) is 5.67. The maximum Gasteiger partial charge on any atom is 0.347 e. The third kappa shape index (κ3) is 2.30. The maximum atomic E-state index is 12.8. The van der Waals surface area contributed by atoms with Crippen molar-refractivity contribution >= 4 is 17.8 Å². The van der Waals surface area contributed by atoms with Gasteiger partial charge in [0.05, 0.1) is 7.11 Å². The summed E-state index contributed by atoms with van der Waals surface area (Å²) in [5.41, 5.74) is -0.176. The number of amides is 1. The topological polar surface area (TPSA) is 72.9 Å². The molecule has 2 aliphatic heterocycles. The van der Waals surface area contributed by atoms with Crippen LogP contribution in [0.15, 0.2) is 41.5 Å². The van der Waals surface area contributed by atoms with Crippen molar-refractivity contribution in [1.82, 2.24) is 4.90 Å². The molecule has 1 aromatic carbocycles. The number of carbonyl (C=O) groups excluding carboxylic acids is 3. The molecule has 0 N–H and O–H groups in total. The fourth-order valence-corrected chi connectivity index (χ4v) is 3.13. The highest BCUT2D eigenvalue weighted by molar-refractivity contribution is 6.19. The van der Waals surface area contributed by atoms with Crippen molar-refractivity contribution in [3.63, 3.8) is 0 Å². The van der Waals surface area contributed by atoms with Crippen LogP contribution in [0.25, 0.3) is 0 Å². The van der Waals surface area contributed by atoms with E-state index in [1.165, 1.54) is 7.11 Å². The van der Waals surface area contributed by atoms with E-state index in [0.717, 1.165) is 5.56 Å². The van der Waals surface area contributed by atoms with Crippen molar-refractivity contribution in [2.75, 3.05) is 13.7 Å². The van der Waals surface area contributed by atoms with Crippen molar-refractivity contribution in [2.45, 2.75) is 25.5 Å². The van der Waals surface area contributed by atoms with Crippen LogP contribution in [-0.2, 0) is 30.4 Å². The number of methoxy groups -OCH3 is 1. The summed E-state index contributed by atoms with van der Waals surface area (Å²) in [7, 11) is 1.19. The average molecular weight is 315 g/mol. The Morgan fingerprint density at radius 2 is 2.00 bits per heavy atom. The second kappa shape index (κ2) is 5.53. The van der Waals surface area contributed by atoms with Gasteiger partial charge < -0.3 is 14.4 Å². The molecule has 1 fully saturated rings. The monoisotopic (exact) mass is 315 g/mol. The lowest BCUT2D eigenvalue weighted by atomic mass is 9.91. The predicted molar refractivity (Wildman–Crippen MR) is 80.0 cm³/mol. The lowest BCUT2D eigenvalue weighted by molar-refractivity contribution is -0.158. The number of ether oxygens (including phenoxy) is 2. The molecule has 1 atom stereocenters. The van der Waals surface area contributed by atoms with Crippen LogP contribution < -0.4 is 0 Å². The summed E-state index contributed by atoms with van der Waals surface area (Å²) < 4.78 is 9.95. The van der Waals surface area contributed by atoms with Gasteiger partial charge in [-0.2, -0.15) is 0 Å². The van der Waals surface area contributed by atoms with E-state index in [9.17, 15) is 14.4 Å². The van der Waals surface area contributed by atoms with Crippen LogP contribution in [0, 0.1) is 0 Å². The number of likely N-dealkylation sites (tertiary alicyclic amines) is 1. The van der Waals surface area contributed by atoms with E-state index < -0.39 is 17.5 Å². The molecule has 0 bridgehead atoms. The molecule has 23 heavy (non-hydrogen) atoms. The van der Waals surface area contributed by atoms with Crippen molar-refractivity contribution < 1.29 is 23.9 Å². The predicted octanol–water partition coefficient (Wildman–Crippen LogP) is 1.20. The zero-order chi connectivity index (χ0) is 16.6. The van der Waals surface area contributed by atoms with Crippen molar-refractivity contribution in [2.24, 2.45) is 0 Å². The van der Waals surface area contributed by atoms with Crippen LogP contribution in [0.4, 0.5) is 0 Å². The fourth-order valence-electron chi connectivity index (χ4n) is 3.13. The van der Waals surface area contributed by atoms with Gasteiger partial charge in [-0.15, -0.1) is 0 Å². The average Bonchev–Trinajstić information content (AvgIpc) is 2.99. The molecule has 120 valence electrons. The molecule has 3 rings (SSSR count). The Morgan fingerprint density at radius 1 is 1.30 bits per heavy atom. The molecule has 0 saturated carbocycles. The highest BCUT2D eigenvalue weighted by atomic mass is 16.6. The molecule has 0 aliphatic carbocycles. The highest BCUT2D eigenvalue weighted by Crippen LogP contribution is 2.41. The van der Waals surface area contributed by atoms with Gasteiger partial charge in [0.25, 0.3) is 5.91 Å². The summed E-state index contributed by atoms with van der Waals surface area (Å²) >= 11 is 0. The molecule has 1 saturated heterocycles. The van der Waals surface area contributed by atoms with E-state index in [0.29, 0.717) is 25.1 Å². The Hall–Kier alpha value is -2.63. The second-order valence-electron chi connectivity index (χ2n) is 5.67. The zero-order valence-corrected chi connectivity index (χ0v) is 13.0. The molecule has 1 amide bonds. The minimum absolute atomic E-state index is 0.164. The number of hydrogen-bond donors (Lipinski definition) is 0. The standard InChI is InChI=1S/C17H17NO5/c1-11-13(14(19)22-2)15(20)23-17(11)8-9-18(16(17)21)10-12-6-4-3-5-7-12/h3-7H,8-10H2,1-2H3. The van der Waals surface area contributed by atoms with E-state index >= 15 is 0 Å². The van der Waals surface area contributed by atoms with Crippen LogP contribution >= 0.6 is 0 Å². The summed E-state index contributed by atoms with van der Waals surface area (Å²) in [6, 6.07) is 9.58. The van der Waals surface area contributed by atoms with E-state index in [1.54, 1.807) is 11.8 Å². The molecule has 0 radical (unpaired) electrons. The summed E-state index contributed by atoms with van der Waals surface area (Å²) in [5.74, 6) is -1.84. The SMILES string of the molecule is COC(=O)C1=C(C)C2(CCN(Cc3ccccc3)C2=O)OC1=O. The largest absolute Gasteiger partial charge is 0.465 e. The molecule has 1 unspecified atom stereocenters. The highest BCUT2D eigenvalue weighted by Gasteiger charge is 2.58. The van der Waals surface area contributed by atoms with Crippen LogP contribution in [0.5, 0.6) is 0 Å². The molecule has 6 nitrogen and oxygen atoms in total. The van der Waals surface area contributed by atoms with E-state index in [-0.39, 0.29) is 11.5 Å². The summed E-state index contributed by atoms with van der Waals surface area (Å²) in [4.78, 5) is 38.2. The first-order chi connectivity index (χ1) is 11.0. The fraction of sp³-hybridized carbons (Fsp3) is 0.353. The Morgan fingerprint density at radius 3 is 2.65 bits per heavy atom. The molecule has 0 aromatic heterocycles. The molecule has 1 aromatic rings. The third-order valence-corrected chi connectivity index (χ3v) is 4.42. The first kappa shape index (κ1) is 15.3. The Labute approximate surface area is 133 Å². The van der Waals surface area contributed by atoms with Gasteiger partial charge in [-0.05, 0) is 12.5 Å². The molecule has 2 aliphatic rings. The van der Waals surface area contributed by atoms with Gasteiger partial charge in [-0.1, -0.05) is 30.3 Å². The smallest absolute Gasteiger partial charge is 0.347 e. The van der Waals surface area contributed by atoms with Crippen LogP contribution in [0.1, 0.15) is 18.9 Å². The first-order valence-electron chi connectivity index (χ1n) is 7.36. The van der Waals surface area contributed by atoms with Crippen molar-refractivity contribution in [1.29, 1.82) is 0 Å². The number of benzene rings is 1. The zero-order valence-electron chi connectivity index (χ0n) is 13.0. The summed E-state index contributed by atoms with van der Waals surface area (Å²) in [5, 5.41) is 0. The number of esters is 2. The number of nitrogens with zero attached hydrogens (tertiary/aromatic N) is 1. The quantitative estimate of drug-likeness (QED) is 0.619. The molecule has 2 heterocycles. The van der Waals surface area contributed by atoms with Gasteiger partial charge in [-0.3, -0.25) is 4.79 Å². The molecular formula is C17H17NO5. The van der Waals surface area contributed by atoms with Gasteiger partial charge in [0.2, 0.25) is 5.60 Å². The van der Waals surface area contributed by atoms with Crippen molar-refractivity contribution in [3.8, 4) is 0 Å². The maximum absolute atomic E-state index is 12.8. The van der Waals surface area contributed by atoms with E-state index in [1.807, 2.05) is 30.3 Å². The van der Waals surface area contributed by atoms with Gasteiger partial charge in [0.1, 0.15) is 5.57 Å². The van der Waals surface area contributed by atoms with Gasteiger partial charge in [0.15, 0.2) is 0 Å². The van der Waals surface area contributed by atoms with Gasteiger partial charge in [0, 0.05) is 25.1 Å². The van der Waals surface area contributed by atoms with Crippen LogP contribution in [0.3, 0.4) is 0 Å². The Balaban J connectivity index is 1.88. The number of rotatable bonds is 3. The first-order valence-corrected chi connectivity index (χ1v) is 7.36.